The van der Waals surface area contributed by atoms with Gasteiger partial charge in [0.05, 0.1) is 17.3 Å². The molecule has 3 aromatic heterocycles. The van der Waals surface area contributed by atoms with Crippen LogP contribution in [0.5, 0.6) is 0 Å². The van der Waals surface area contributed by atoms with Crippen molar-refractivity contribution >= 4 is 22.6 Å². The van der Waals surface area contributed by atoms with E-state index in [1.54, 1.807) is 23.3 Å². The summed E-state index contributed by atoms with van der Waals surface area (Å²) in [7, 11) is 1.83. The third kappa shape index (κ3) is 2.13. The molecular formula is C16H15N5O. The van der Waals surface area contributed by atoms with Crippen LogP contribution in [0.1, 0.15) is 17.9 Å². The molecule has 6 heteroatoms. The van der Waals surface area contributed by atoms with Crippen LogP contribution in [0.4, 0.5) is 5.69 Å². The zero-order chi connectivity index (χ0) is 15.1. The van der Waals surface area contributed by atoms with Crippen LogP contribution in [-0.2, 0) is 11.8 Å². The van der Waals surface area contributed by atoms with Crippen molar-refractivity contribution in [2.45, 2.75) is 12.3 Å². The molecule has 0 saturated heterocycles. The Morgan fingerprint density at radius 1 is 1.32 bits per heavy atom. The van der Waals surface area contributed by atoms with Crippen molar-refractivity contribution < 1.29 is 4.79 Å². The fourth-order valence-electron chi connectivity index (χ4n) is 2.83. The molecule has 1 saturated carbocycles. The number of carbonyl (C=O) groups is 1. The van der Waals surface area contributed by atoms with E-state index in [9.17, 15) is 4.79 Å². The van der Waals surface area contributed by atoms with E-state index < -0.39 is 0 Å². The number of amides is 1. The minimum Gasteiger partial charge on any atom is -0.325 e. The van der Waals surface area contributed by atoms with Crippen LogP contribution in [0.3, 0.4) is 0 Å². The van der Waals surface area contributed by atoms with Crippen molar-refractivity contribution in [1.29, 1.82) is 0 Å². The number of rotatable bonds is 3. The normalized spacial score (nSPS) is 20.0. The summed E-state index contributed by atoms with van der Waals surface area (Å²) in [5.74, 6) is 0.342. The molecule has 0 spiro atoms. The summed E-state index contributed by atoms with van der Waals surface area (Å²) >= 11 is 0. The van der Waals surface area contributed by atoms with E-state index >= 15 is 0 Å². The van der Waals surface area contributed by atoms with Gasteiger partial charge in [-0.05, 0) is 30.0 Å². The summed E-state index contributed by atoms with van der Waals surface area (Å²) in [4.78, 5) is 20.8. The maximum atomic E-state index is 12.4. The molecule has 1 amide bonds. The number of hydrogen-bond acceptors (Lipinski definition) is 4. The molecule has 1 aliphatic rings. The van der Waals surface area contributed by atoms with E-state index in [-0.39, 0.29) is 17.7 Å². The third-order valence-corrected chi connectivity index (χ3v) is 4.13. The van der Waals surface area contributed by atoms with E-state index in [0.29, 0.717) is 0 Å². The Labute approximate surface area is 127 Å². The third-order valence-electron chi connectivity index (χ3n) is 4.13. The van der Waals surface area contributed by atoms with Gasteiger partial charge >= 0.3 is 0 Å². The van der Waals surface area contributed by atoms with Gasteiger partial charge in [0.25, 0.3) is 0 Å². The Balaban J connectivity index is 1.53. The molecular weight excluding hydrogens is 278 g/mol. The summed E-state index contributed by atoms with van der Waals surface area (Å²) in [6, 6.07) is 5.74. The minimum atomic E-state index is 0.0177. The second-order valence-corrected chi connectivity index (χ2v) is 5.59. The van der Waals surface area contributed by atoms with E-state index in [4.69, 9.17) is 0 Å². The van der Waals surface area contributed by atoms with E-state index in [1.165, 1.54) is 0 Å². The molecule has 110 valence electrons. The lowest BCUT2D eigenvalue weighted by atomic mass is 10.1. The summed E-state index contributed by atoms with van der Waals surface area (Å²) in [6.45, 7) is 0. The van der Waals surface area contributed by atoms with Crippen LogP contribution < -0.4 is 5.32 Å². The number of anilines is 1. The van der Waals surface area contributed by atoms with Crippen molar-refractivity contribution in [2.24, 2.45) is 13.0 Å². The summed E-state index contributed by atoms with van der Waals surface area (Å²) < 4.78 is 1.69. The van der Waals surface area contributed by atoms with Crippen LogP contribution in [0.2, 0.25) is 0 Å². The fourth-order valence-corrected chi connectivity index (χ4v) is 2.83. The van der Waals surface area contributed by atoms with Crippen LogP contribution >= 0.6 is 0 Å². The molecule has 6 nitrogen and oxygen atoms in total. The van der Waals surface area contributed by atoms with Gasteiger partial charge in [0, 0.05) is 31.6 Å². The zero-order valence-electron chi connectivity index (χ0n) is 12.1. The van der Waals surface area contributed by atoms with Crippen molar-refractivity contribution in [1.82, 2.24) is 19.7 Å². The van der Waals surface area contributed by atoms with E-state index in [2.05, 4.69) is 20.4 Å². The Morgan fingerprint density at radius 3 is 3.05 bits per heavy atom. The molecule has 4 rings (SSSR count). The van der Waals surface area contributed by atoms with Crippen LogP contribution in [0.15, 0.2) is 43.0 Å². The number of pyridine rings is 2. The molecule has 3 heterocycles. The topological polar surface area (TPSA) is 72.7 Å². The second kappa shape index (κ2) is 4.91. The molecule has 1 N–H and O–H groups in total. The molecule has 0 bridgehead atoms. The van der Waals surface area contributed by atoms with Gasteiger partial charge in [0.2, 0.25) is 5.91 Å². The monoisotopic (exact) mass is 293 g/mol. The van der Waals surface area contributed by atoms with Gasteiger partial charge in [0.15, 0.2) is 5.65 Å². The average molecular weight is 293 g/mol. The molecule has 0 aliphatic heterocycles. The minimum absolute atomic E-state index is 0.0177. The van der Waals surface area contributed by atoms with E-state index in [0.717, 1.165) is 28.7 Å². The molecule has 2 atom stereocenters. The number of aromatic nitrogens is 4. The number of aryl methyl sites for hydroxylation is 1. The van der Waals surface area contributed by atoms with Crippen molar-refractivity contribution in [2.75, 3.05) is 5.32 Å². The highest BCUT2D eigenvalue weighted by molar-refractivity contribution is 6.02. The van der Waals surface area contributed by atoms with Gasteiger partial charge in [-0.3, -0.25) is 14.5 Å². The first-order valence-electron chi connectivity index (χ1n) is 7.21. The lowest BCUT2D eigenvalue weighted by Crippen LogP contribution is -2.14. The molecule has 0 aromatic carbocycles. The second-order valence-electron chi connectivity index (χ2n) is 5.59. The fraction of sp³-hybridized carbons (Fsp3) is 0.250. The van der Waals surface area contributed by atoms with Gasteiger partial charge in [-0.15, -0.1) is 0 Å². The number of carbonyl (C=O) groups excluding carboxylic acids is 1. The summed E-state index contributed by atoms with van der Waals surface area (Å²) in [5.41, 5.74) is 2.65. The smallest absolute Gasteiger partial charge is 0.228 e. The largest absolute Gasteiger partial charge is 0.325 e. The van der Waals surface area contributed by atoms with Crippen LogP contribution in [0.25, 0.3) is 11.0 Å². The molecule has 0 unspecified atom stereocenters. The van der Waals surface area contributed by atoms with Crippen molar-refractivity contribution in [3.63, 3.8) is 0 Å². The Bertz CT molecular complexity index is 842. The number of nitrogens with zero attached hydrogens (tertiary/aromatic N) is 4. The van der Waals surface area contributed by atoms with Gasteiger partial charge in [-0.1, -0.05) is 6.07 Å². The van der Waals surface area contributed by atoms with Gasteiger partial charge in [-0.25, -0.2) is 4.98 Å². The predicted molar refractivity (Wildman–Crippen MR) is 82.2 cm³/mol. The number of nitrogens with one attached hydrogen (secondary N) is 1. The first kappa shape index (κ1) is 12.9. The lowest BCUT2D eigenvalue weighted by Gasteiger charge is -2.06. The maximum Gasteiger partial charge on any atom is 0.228 e. The van der Waals surface area contributed by atoms with Gasteiger partial charge in [0.1, 0.15) is 0 Å². The summed E-state index contributed by atoms with van der Waals surface area (Å²) in [5, 5.41) is 8.05. The van der Waals surface area contributed by atoms with E-state index in [1.807, 2.05) is 31.4 Å². The molecule has 1 aliphatic carbocycles. The lowest BCUT2D eigenvalue weighted by molar-refractivity contribution is -0.117. The molecule has 22 heavy (non-hydrogen) atoms. The first-order chi connectivity index (χ1) is 10.7. The zero-order valence-corrected chi connectivity index (χ0v) is 12.1. The van der Waals surface area contributed by atoms with Crippen molar-refractivity contribution in [3.8, 4) is 0 Å². The van der Waals surface area contributed by atoms with Crippen LogP contribution in [-0.4, -0.2) is 25.7 Å². The van der Waals surface area contributed by atoms with Gasteiger partial charge in [-0.2, -0.15) is 5.10 Å². The van der Waals surface area contributed by atoms with Crippen molar-refractivity contribution in [3.05, 3.63) is 48.5 Å². The molecule has 1 fully saturated rings. The van der Waals surface area contributed by atoms with Crippen LogP contribution in [0, 0.1) is 5.92 Å². The van der Waals surface area contributed by atoms with Gasteiger partial charge < -0.3 is 5.32 Å². The molecule has 0 radical (unpaired) electrons. The standard InChI is InChI=1S/C16H15N5O/c1-21-15-13(9-19-21)14(4-6-18-15)20-16(22)12-7-11(12)10-3-2-5-17-8-10/h2-6,8-9,11-12H,7H2,1H3,(H,18,20,22)/t11-,12-/m0/s1. The highest BCUT2D eigenvalue weighted by atomic mass is 16.2. The Hall–Kier alpha value is -2.76. The SMILES string of the molecule is Cn1ncc2c(NC(=O)[C@H]3C[C@H]3c3cccnc3)ccnc21. The quantitative estimate of drug-likeness (QED) is 0.802. The molecule has 3 aromatic rings. The Kier molecular flexibility index (Phi) is 2.89. The average Bonchev–Trinajstić information content (AvgIpc) is 3.27. The predicted octanol–water partition coefficient (Wildman–Crippen LogP) is 2.11. The number of fused-ring (bicyclic) bond motifs is 1. The maximum absolute atomic E-state index is 12.4. The first-order valence-corrected chi connectivity index (χ1v) is 7.21. The summed E-state index contributed by atoms with van der Waals surface area (Å²) in [6.07, 6.45) is 7.87. The Morgan fingerprint density at radius 2 is 2.23 bits per heavy atom. The highest BCUT2D eigenvalue weighted by Gasteiger charge is 2.44. The highest BCUT2D eigenvalue weighted by Crippen LogP contribution is 2.47. The number of hydrogen-bond donors (Lipinski definition) is 1.